The van der Waals surface area contributed by atoms with Crippen LogP contribution in [0.15, 0.2) is 48.5 Å². The minimum atomic E-state index is -0.627. The van der Waals surface area contributed by atoms with Crippen molar-refractivity contribution in [2.45, 2.75) is 6.42 Å². The second-order valence-electron chi connectivity index (χ2n) is 6.12. The first-order valence-electron chi connectivity index (χ1n) is 8.38. The summed E-state index contributed by atoms with van der Waals surface area (Å²) >= 11 is 6.13. The Morgan fingerprint density at radius 3 is 2.52 bits per heavy atom. The molecule has 1 amide bonds. The van der Waals surface area contributed by atoms with Crippen LogP contribution in [0.2, 0.25) is 5.02 Å². The third-order valence-electron chi connectivity index (χ3n) is 4.36. The fraction of sp³-hybridized carbons (Fsp3) is 0.250. The number of hydrogen-bond acceptors (Lipinski definition) is 5. The smallest absolute Gasteiger partial charge is 0.311 e. The SMILES string of the molecule is COc1ccc(C(=O)COC(=O)[C@@H]2CC(=O)N(c3ccccc3Cl)C2)cc1. The van der Waals surface area contributed by atoms with Gasteiger partial charge < -0.3 is 14.4 Å². The number of ketones is 1. The Hall–Kier alpha value is -2.86. The highest BCUT2D eigenvalue weighted by Crippen LogP contribution is 2.31. The molecule has 0 unspecified atom stereocenters. The standard InChI is InChI=1S/C20H18ClNO5/c1-26-15-8-6-13(7-9-15)18(23)12-27-20(25)14-10-19(24)22(11-14)17-5-3-2-4-16(17)21/h2-9,14H,10-12H2,1H3/t14-/m1/s1. The summed E-state index contributed by atoms with van der Waals surface area (Å²) in [4.78, 5) is 38.1. The van der Waals surface area contributed by atoms with Crippen LogP contribution >= 0.6 is 11.6 Å². The topological polar surface area (TPSA) is 72.9 Å². The largest absolute Gasteiger partial charge is 0.497 e. The van der Waals surface area contributed by atoms with Gasteiger partial charge in [0, 0.05) is 18.5 Å². The van der Waals surface area contributed by atoms with Crippen LogP contribution in [0.5, 0.6) is 5.75 Å². The van der Waals surface area contributed by atoms with Crippen molar-refractivity contribution < 1.29 is 23.9 Å². The van der Waals surface area contributed by atoms with E-state index in [-0.39, 0.29) is 31.3 Å². The molecule has 140 valence electrons. The van der Waals surface area contributed by atoms with Crippen molar-refractivity contribution in [2.75, 3.05) is 25.2 Å². The first-order valence-corrected chi connectivity index (χ1v) is 8.76. The number of anilines is 1. The minimum absolute atomic E-state index is 0.0286. The zero-order chi connectivity index (χ0) is 19.4. The van der Waals surface area contributed by atoms with Gasteiger partial charge >= 0.3 is 5.97 Å². The van der Waals surface area contributed by atoms with E-state index in [0.29, 0.717) is 22.0 Å². The maximum atomic E-state index is 12.3. The molecule has 0 aromatic heterocycles. The number of amides is 1. The number of methoxy groups -OCH3 is 1. The third-order valence-corrected chi connectivity index (χ3v) is 4.68. The van der Waals surface area contributed by atoms with Gasteiger partial charge in [0.2, 0.25) is 5.91 Å². The molecule has 0 N–H and O–H groups in total. The molecular weight excluding hydrogens is 370 g/mol. The molecule has 0 radical (unpaired) electrons. The molecule has 2 aromatic carbocycles. The molecule has 1 fully saturated rings. The van der Waals surface area contributed by atoms with Crippen LogP contribution in [0.4, 0.5) is 5.69 Å². The number of para-hydroxylation sites is 1. The van der Waals surface area contributed by atoms with Gasteiger partial charge in [-0.15, -0.1) is 0 Å². The van der Waals surface area contributed by atoms with Crippen molar-refractivity contribution in [1.82, 2.24) is 0 Å². The number of carbonyl (C=O) groups is 3. The lowest BCUT2D eigenvalue weighted by atomic mass is 10.1. The van der Waals surface area contributed by atoms with Crippen LogP contribution in [0.1, 0.15) is 16.8 Å². The predicted octanol–water partition coefficient (Wildman–Crippen LogP) is 3.13. The maximum Gasteiger partial charge on any atom is 0.311 e. The number of ether oxygens (including phenoxy) is 2. The Balaban J connectivity index is 1.57. The van der Waals surface area contributed by atoms with E-state index in [2.05, 4.69) is 0 Å². The number of nitrogens with zero attached hydrogens (tertiary/aromatic N) is 1. The number of esters is 1. The molecule has 1 heterocycles. The Bertz CT molecular complexity index is 865. The van der Waals surface area contributed by atoms with E-state index in [1.807, 2.05) is 0 Å². The number of benzene rings is 2. The van der Waals surface area contributed by atoms with Crippen LogP contribution < -0.4 is 9.64 Å². The van der Waals surface area contributed by atoms with Crippen LogP contribution in [-0.4, -0.2) is 37.9 Å². The third kappa shape index (κ3) is 4.28. The number of hydrogen-bond donors (Lipinski definition) is 0. The van der Waals surface area contributed by atoms with Gasteiger partial charge in [0.1, 0.15) is 5.75 Å². The van der Waals surface area contributed by atoms with E-state index >= 15 is 0 Å². The van der Waals surface area contributed by atoms with Gasteiger partial charge in [0.25, 0.3) is 0 Å². The second kappa shape index (κ2) is 8.22. The van der Waals surface area contributed by atoms with Crippen LogP contribution in [0, 0.1) is 5.92 Å². The molecule has 1 saturated heterocycles. The summed E-state index contributed by atoms with van der Waals surface area (Å²) in [6.45, 7) is -0.194. The normalized spacial score (nSPS) is 16.3. The zero-order valence-corrected chi connectivity index (χ0v) is 15.4. The van der Waals surface area contributed by atoms with E-state index in [1.165, 1.54) is 12.0 Å². The highest BCUT2D eigenvalue weighted by molar-refractivity contribution is 6.33. The highest BCUT2D eigenvalue weighted by atomic mass is 35.5. The van der Waals surface area contributed by atoms with Gasteiger partial charge in [0.05, 0.1) is 23.7 Å². The number of rotatable bonds is 6. The van der Waals surface area contributed by atoms with E-state index in [1.54, 1.807) is 48.5 Å². The first kappa shape index (κ1) is 18.9. The summed E-state index contributed by atoms with van der Waals surface area (Å²) in [5.41, 5.74) is 0.984. The zero-order valence-electron chi connectivity index (χ0n) is 14.7. The summed E-state index contributed by atoms with van der Waals surface area (Å²) < 4.78 is 10.2. The Labute approximate surface area is 161 Å². The molecule has 6 nitrogen and oxygen atoms in total. The molecular formula is C20H18ClNO5. The molecule has 0 aliphatic carbocycles. The fourth-order valence-corrected chi connectivity index (χ4v) is 3.12. The maximum absolute atomic E-state index is 12.3. The predicted molar refractivity (Wildman–Crippen MR) is 100 cm³/mol. The second-order valence-corrected chi connectivity index (χ2v) is 6.52. The Kier molecular flexibility index (Phi) is 5.76. The average molecular weight is 388 g/mol. The van der Waals surface area contributed by atoms with Crippen molar-refractivity contribution in [3.05, 3.63) is 59.1 Å². The molecule has 1 aliphatic rings. The summed E-state index contributed by atoms with van der Waals surface area (Å²) in [6, 6.07) is 13.5. The molecule has 1 aliphatic heterocycles. The number of carbonyl (C=O) groups excluding carboxylic acids is 3. The van der Waals surface area contributed by atoms with Gasteiger partial charge in [-0.25, -0.2) is 0 Å². The lowest BCUT2D eigenvalue weighted by Crippen LogP contribution is -2.27. The lowest BCUT2D eigenvalue weighted by molar-refractivity contribution is -0.147. The molecule has 0 spiro atoms. The van der Waals surface area contributed by atoms with Crippen molar-refractivity contribution in [3.63, 3.8) is 0 Å². The number of halogens is 1. The van der Waals surface area contributed by atoms with E-state index in [4.69, 9.17) is 21.1 Å². The van der Waals surface area contributed by atoms with E-state index in [9.17, 15) is 14.4 Å². The van der Waals surface area contributed by atoms with Crippen molar-refractivity contribution in [1.29, 1.82) is 0 Å². The molecule has 1 atom stereocenters. The van der Waals surface area contributed by atoms with Gasteiger partial charge in [-0.2, -0.15) is 0 Å². The summed E-state index contributed by atoms with van der Waals surface area (Å²) in [5, 5.41) is 0.439. The monoisotopic (exact) mass is 387 g/mol. The van der Waals surface area contributed by atoms with Crippen molar-refractivity contribution in [3.8, 4) is 5.75 Å². The summed E-state index contributed by atoms with van der Waals surface area (Å²) in [7, 11) is 1.54. The lowest BCUT2D eigenvalue weighted by Gasteiger charge is -2.17. The van der Waals surface area contributed by atoms with Crippen molar-refractivity contribution >= 4 is 34.9 Å². The molecule has 0 bridgehead atoms. The van der Waals surface area contributed by atoms with Crippen molar-refractivity contribution in [2.24, 2.45) is 5.92 Å². The summed E-state index contributed by atoms with van der Waals surface area (Å²) in [6.07, 6.45) is 0.0286. The minimum Gasteiger partial charge on any atom is -0.497 e. The molecule has 3 rings (SSSR count). The van der Waals surface area contributed by atoms with Gasteiger partial charge in [0.15, 0.2) is 12.4 Å². The molecule has 0 saturated carbocycles. The van der Waals surface area contributed by atoms with Gasteiger partial charge in [-0.1, -0.05) is 23.7 Å². The highest BCUT2D eigenvalue weighted by Gasteiger charge is 2.37. The first-order chi connectivity index (χ1) is 13.0. The molecule has 2 aromatic rings. The average Bonchev–Trinajstić information content (AvgIpc) is 3.08. The molecule has 7 heteroatoms. The van der Waals surface area contributed by atoms with Crippen LogP contribution in [0.3, 0.4) is 0 Å². The van der Waals surface area contributed by atoms with E-state index in [0.717, 1.165) is 0 Å². The van der Waals surface area contributed by atoms with Gasteiger partial charge in [-0.3, -0.25) is 14.4 Å². The van der Waals surface area contributed by atoms with Crippen LogP contribution in [0.25, 0.3) is 0 Å². The molecule has 27 heavy (non-hydrogen) atoms. The van der Waals surface area contributed by atoms with Gasteiger partial charge in [-0.05, 0) is 36.4 Å². The van der Waals surface area contributed by atoms with Crippen LogP contribution in [-0.2, 0) is 14.3 Å². The Morgan fingerprint density at radius 2 is 1.85 bits per heavy atom. The quantitative estimate of drug-likeness (QED) is 0.562. The fourth-order valence-electron chi connectivity index (χ4n) is 2.88. The Morgan fingerprint density at radius 1 is 1.15 bits per heavy atom. The number of Topliss-reactive ketones (excluding diaryl/α,β-unsaturated/α-hetero) is 1. The van der Waals surface area contributed by atoms with E-state index < -0.39 is 11.9 Å². The summed E-state index contributed by atoms with van der Waals surface area (Å²) in [5.74, 6) is -1.09.